The van der Waals surface area contributed by atoms with Crippen LogP contribution in [0.4, 0.5) is 0 Å². The maximum Gasteiger partial charge on any atom is 0.278 e. The first-order chi connectivity index (χ1) is 11.7. The van der Waals surface area contributed by atoms with Crippen LogP contribution in [0.25, 0.3) is 0 Å². The van der Waals surface area contributed by atoms with E-state index in [4.69, 9.17) is 4.74 Å². The molecule has 0 aliphatic carbocycles. The van der Waals surface area contributed by atoms with Gasteiger partial charge in [-0.25, -0.2) is 4.98 Å². The lowest BCUT2D eigenvalue weighted by atomic mass is 10.2. The SMILES string of the molecule is O=C(NCCCN1CCCC1=O)c1ccc(Oc2nccs2)cc1. The van der Waals surface area contributed by atoms with Crippen molar-refractivity contribution in [3.8, 4) is 10.9 Å². The third-order valence-corrected chi connectivity index (χ3v) is 4.44. The molecule has 2 heterocycles. The van der Waals surface area contributed by atoms with Crippen molar-refractivity contribution >= 4 is 23.2 Å². The molecule has 24 heavy (non-hydrogen) atoms. The van der Waals surface area contributed by atoms with E-state index in [-0.39, 0.29) is 11.8 Å². The minimum atomic E-state index is -0.122. The van der Waals surface area contributed by atoms with E-state index in [2.05, 4.69) is 10.3 Å². The number of benzene rings is 1. The molecule has 126 valence electrons. The Bertz CT molecular complexity index is 686. The Morgan fingerprint density at radius 2 is 2.17 bits per heavy atom. The summed E-state index contributed by atoms with van der Waals surface area (Å²) in [6.45, 7) is 2.10. The van der Waals surface area contributed by atoms with E-state index in [1.165, 1.54) is 11.3 Å². The first kappa shape index (κ1) is 16.4. The maximum absolute atomic E-state index is 12.1. The molecule has 0 spiro atoms. The summed E-state index contributed by atoms with van der Waals surface area (Å²) in [6.07, 6.45) is 4.04. The van der Waals surface area contributed by atoms with Crippen LogP contribution in [0.5, 0.6) is 10.9 Å². The number of amides is 2. The molecule has 7 heteroatoms. The van der Waals surface area contributed by atoms with E-state index < -0.39 is 0 Å². The van der Waals surface area contributed by atoms with Crippen molar-refractivity contribution in [3.63, 3.8) is 0 Å². The number of hydrogen-bond acceptors (Lipinski definition) is 5. The average Bonchev–Trinajstić information content (AvgIpc) is 3.24. The van der Waals surface area contributed by atoms with Crippen molar-refractivity contribution in [1.82, 2.24) is 15.2 Å². The molecule has 2 amide bonds. The summed E-state index contributed by atoms with van der Waals surface area (Å²) in [5, 5.41) is 5.29. The zero-order valence-corrected chi connectivity index (χ0v) is 14.1. The molecule has 1 N–H and O–H groups in total. The lowest BCUT2D eigenvalue weighted by molar-refractivity contribution is -0.127. The number of nitrogens with one attached hydrogen (secondary N) is 1. The lowest BCUT2D eigenvalue weighted by Crippen LogP contribution is -2.30. The van der Waals surface area contributed by atoms with Gasteiger partial charge in [0.2, 0.25) is 5.91 Å². The van der Waals surface area contributed by atoms with Crippen molar-refractivity contribution in [2.45, 2.75) is 19.3 Å². The Morgan fingerprint density at radius 1 is 1.33 bits per heavy atom. The van der Waals surface area contributed by atoms with Gasteiger partial charge in [-0.1, -0.05) is 11.3 Å². The fraction of sp³-hybridized carbons (Fsp3) is 0.353. The second-order valence-electron chi connectivity index (χ2n) is 5.52. The van der Waals surface area contributed by atoms with Crippen LogP contribution in [0, 0.1) is 0 Å². The van der Waals surface area contributed by atoms with Crippen LogP contribution in [0.1, 0.15) is 29.6 Å². The molecule has 1 aromatic heterocycles. The molecule has 0 atom stereocenters. The molecule has 1 aliphatic rings. The number of carbonyl (C=O) groups excluding carboxylic acids is 2. The van der Waals surface area contributed by atoms with Gasteiger partial charge in [-0.2, -0.15) is 0 Å². The lowest BCUT2D eigenvalue weighted by Gasteiger charge is -2.15. The van der Waals surface area contributed by atoms with Gasteiger partial charge in [0.1, 0.15) is 5.75 Å². The molecule has 1 aromatic carbocycles. The molecule has 0 radical (unpaired) electrons. The number of carbonyl (C=O) groups is 2. The normalized spacial score (nSPS) is 14.0. The Labute approximate surface area is 144 Å². The number of aromatic nitrogens is 1. The smallest absolute Gasteiger partial charge is 0.278 e. The third kappa shape index (κ3) is 4.32. The van der Waals surface area contributed by atoms with Gasteiger partial charge < -0.3 is 15.0 Å². The van der Waals surface area contributed by atoms with Gasteiger partial charge in [0.05, 0.1) is 0 Å². The highest BCUT2D eigenvalue weighted by atomic mass is 32.1. The van der Waals surface area contributed by atoms with Crippen LogP contribution in [-0.2, 0) is 4.79 Å². The van der Waals surface area contributed by atoms with Gasteiger partial charge in [-0.15, -0.1) is 0 Å². The highest BCUT2D eigenvalue weighted by Crippen LogP contribution is 2.23. The second kappa shape index (κ2) is 7.92. The molecule has 0 saturated carbocycles. The summed E-state index contributed by atoms with van der Waals surface area (Å²) in [5.74, 6) is 0.745. The summed E-state index contributed by atoms with van der Waals surface area (Å²) in [5.41, 5.74) is 0.582. The van der Waals surface area contributed by atoms with Crippen LogP contribution in [0.3, 0.4) is 0 Å². The molecular weight excluding hydrogens is 326 g/mol. The quantitative estimate of drug-likeness (QED) is 0.783. The maximum atomic E-state index is 12.1. The van der Waals surface area contributed by atoms with Gasteiger partial charge in [0.25, 0.3) is 11.1 Å². The molecule has 1 fully saturated rings. The number of rotatable bonds is 7. The molecule has 0 bridgehead atoms. The minimum absolute atomic E-state index is 0.122. The predicted octanol–water partition coefficient (Wildman–Crippen LogP) is 2.68. The Morgan fingerprint density at radius 3 is 2.83 bits per heavy atom. The number of ether oxygens (including phenoxy) is 1. The van der Waals surface area contributed by atoms with E-state index in [1.54, 1.807) is 30.5 Å². The first-order valence-corrected chi connectivity index (χ1v) is 8.84. The molecule has 1 aliphatic heterocycles. The van der Waals surface area contributed by atoms with E-state index >= 15 is 0 Å². The molecule has 6 nitrogen and oxygen atoms in total. The fourth-order valence-electron chi connectivity index (χ4n) is 2.55. The predicted molar refractivity (Wildman–Crippen MR) is 91.4 cm³/mol. The van der Waals surface area contributed by atoms with Crippen molar-refractivity contribution in [3.05, 3.63) is 41.4 Å². The van der Waals surface area contributed by atoms with Crippen LogP contribution in [-0.4, -0.2) is 41.3 Å². The first-order valence-electron chi connectivity index (χ1n) is 7.96. The van der Waals surface area contributed by atoms with Crippen molar-refractivity contribution in [1.29, 1.82) is 0 Å². The van der Waals surface area contributed by atoms with Crippen molar-refractivity contribution in [2.24, 2.45) is 0 Å². The molecule has 2 aromatic rings. The Kier molecular flexibility index (Phi) is 5.43. The summed E-state index contributed by atoms with van der Waals surface area (Å²) >= 11 is 1.41. The van der Waals surface area contributed by atoms with E-state index in [0.717, 1.165) is 19.4 Å². The summed E-state index contributed by atoms with van der Waals surface area (Å²) in [4.78, 5) is 29.5. The zero-order valence-electron chi connectivity index (χ0n) is 13.2. The Hall–Kier alpha value is -2.41. The van der Waals surface area contributed by atoms with Gasteiger partial charge in [0, 0.05) is 43.2 Å². The third-order valence-electron chi connectivity index (χ3n) is 3.79. The molecular formula is C17H19N3O3S. The van der Waals surface area contributed by atoms with Crippen molar-refractivity contribution < 1.29 is 14.3 Å². The highest BCUT2D eigenvalue weighted by molar-refractivity contribution is 7.11. The van der Waals surface area contributed by atoms with E-state index in [0.29, 0.717) is 36.0 Å². The van der Waals surface area contributed by atoms with Gasteiger partial charge in [0.15, 0.2) is 0 Å². The number of hydrogen-bond donors (Lipinski definition) is 1. The van der Waals surface area contributed by atoms with E-state index in [9.17, 15) is 9.59 Å². The summed E-state index contributed by atoms with van der Waals surface area (Å²) in [6, 6.07) is 6.95. The average molecular weight is 345 g/mol. The molecule has 0 unspecified atom stereocenters. The van der Waals surface area contributed by atoms with E-state index in [1.807, 2.05) is 10.3 Å². The fourth-order valence-corrected chi connectivity index (χ4v) is 3.05. The molecule has 1 saturated heterocycles. The number of nitrogens with zero attached hydrogens (tertiary/aromatic N) is 2. The molecule has 3 rings (SSSR count). The van der Waals surface area contributed by atoms with Crippen LogP contribution < -0.4 is 10.1 Å². The topological polar surface area (TPSA) is 71.5 Å². The van der Waals surface area contributed by atoms with Crippen LogP contribution >= 0.6 is 11.3 Å². The second-order valence-corrected chi connectivity index (χ2v) is 6.38. The van der Waals surface area contributed by atoms with Gasteiger partial charge in [-0.05, 0) is 37.1 Å². The minimum Gasteiger partial charge on any atom is -0.431 e. The standard InChI is InChI=1S/C17H19N3O3S/c21-15-3-1-10-20(15)11-2-8-18-16(22)13-4-6-14(7-5-13)23-17-19-9-12-24-17/h4-7,9,12H,1-3,8,10-11H2,(H,18,22). The number of likely N-dealkylation sites (tertiary alicyclic amines) is 1. The zero-order chi connectivity index (χ0) is 16.8. The van der Waals surface area contributed by atoms with Crippen molar-refractivity contribution in [2.75, 3.05) is 19.6 Å². The van der Waals surface area contributed by atoms with Crippen LogP contribution in [0.15, 0.2) is 35.8 Å². The summed E-state index contributed by atoms with van der Waals surface area (Å²) < 4.78 is 5.56. The number of thiazole rings is 1. The Balaban J connectivity index is 1.42. The largest absolute Gasteiger partial charge is 0.431 e. The van der Waals surface area contributed by atoms with Gasteiger partial charge >= 0.3 is 0 Å². The monoisotopic (exact) mass is 345 g/mol. The highest BCUT2D eigenvalue weighted by Gasteiger charge is 2.19. The summed E-state index contributed by atoms with van der Waals surface area (Å²) in [7, 11) is 0. The van der Waals surface area contributed by atoms with Gasteiger partial charge in [-0.3, -0.25) is 9.59 Å². The van der Waals surface area contributed by atoms with Crippen LogP contribution in [0.2, 0.25) is 0 Å².